The highest BCUT2D eigenvalue weighted by Gasteiger charge is 2.27. The summed E-state index contributed by atoms with van der Waals surface area (Å²) in [5.41, 5.74) is 1.64. The van der Waals surface area contributed by atoms with E-state index in [-0.39, 0.29) is 11.8 Å². The van der Waals surface area contributed by atoms with E-state index in [4.69, 9.17) is 0 Å². The van der Waals surface area contributed by atoms with Gasteiger partial charge in [0.2, 0.25) is 5.91 Å². The van der Waals surface area contributed by atoms with Crippen molar-refractivity contribution >= 4 is 23.4 Å². The van der Waals surface area contributed by atoms with Crippen molar-refractivity contribution in [1.82, 2.24) is 29.8 Å². The van der Waals surface area contributed by atoms with Crippen molar-refractivity contribution in [3.63, 3.8) is 0 Å². The van der Waals surface area contributed by atoms with Gasteiger partial charge in [-0.1, -0.05) is 32.0 Å². The van der Waals surface area contributed by atoms with Crippen LogP contribution in [0.2, 0.25) is 0 Å². The van der Waals surface area contributed by atoms with Gasteiger partial charge in [-0.25, -0.2) is 0 Å². The summed E-state index contributed by atoms with van der Waals surface area (Å²) >= 11 is 0. The van der Waals surface area contributed by atoms with E-state index >= 15 is 0 Å². The Kier molecular flexibility index (Phi) is 5.83. The monoisotopic (exact) mass is 421 g/mol. The van der Waals surface area contributed by atoms with E-state index in [1.807, 2.05) is 10.5 Å². The first-order valence-corrected chi connectivity index (χ1v) is 10.5. The molecule has 2 aromatic heterocycles. The Hall–Kier alpha value is -3.49. The highest BCUT2D eigenvalue weighted by Crippen LogP contribution is 2.22. The van der Waals surface area contributed by atoms with E-state index in [0.29, 0.717) is 43.4 Å². The molecule has 0 bridgehead atoms. The number of benzene rings is 1. The van der Waals surface area contributed by atoms with Crippen molar-refractivity contribution in [3.05, 3.63) is 54.0 Å². The first-order chi connectivity index (χ1) is 14.9. The van der Waals surface area contributed by atoms with Crippen LogP contribution < -0.4 is 10.2 Å². The van der Waals surface area contributed by atoms with Crippen molar-refractivity contribution in [2.45, 2.75) is 32.7 Å². The van der Waals surface area contributed by atoms with Gasteiger partial charge in [0.05, 0.1) is 0 Å². The summed E-state index contributed by atoms with van der Waals surface area (Å²) in [6.07, 6.45) is 1.68. The van der Waals surface area contributed by atoms with Gasteiger partial charge in [-0.2, -0.15) is 4.98 Å². The van der Waals surface area contributed by atoms with Crippen molar-refractivity contribution in [2.24, 2.45) is 0 Å². The van der Waals surface area contributed by atoms with Gasteiger partial charge < -0.3 is 15.1 Å². The Morgan fingerprint density at radius 3 is 2.42 bits per heavy atom. The lowest BCUT2D eigenvalue weighted by atomic mass is 10.1. The Morgan fingerprint density at radius 2 is 1.74 bits per heavy atom. The summed E-state index contributed by atoms with van der Waals surface area (Å²) in [7, 11) is 0. The normalized spacial score (nSPS) is 15.4. The Morgan fingerprint density at radius 1 is 1.03 bits per heavy atom. The molecule has 0 saturated carbocycles. The topological polar surface area (TPSA) is 95.7 Å². The second-order valence-electron chi connectivity index (χ2n) is 8.07. The van der Waals surface area contributed by atoms with E-state index in [9.17, 15) is 9.59 Å². The smallest absolute Gasteiger partial charge is 0.256 e. The largest absolute Gasteiger partial charge is 0.353 e. The number of nitrogens with zero attached hydrogens (tertiary/aromatic N) is 6. The van der Waals surface area contributed by atoms with Gasteiger partial charge in [-0.3, -0.25) is 14.0 Å². The number of rotatable bonds is 5. The number of hydrogen-bond donors (Lipinski definition) is 1. The lowest BCUT2D eigenvalue weighted by Gasteiger charge is -2.36. The second kappa shape index (κ2) is 8.71. The molecule has 0 radical (unpaired) electrons. The quantitative estimate of drug-likeness (QED) is 0.674. The van der Waals surface area contributed by atoms with Crippen molar-refractivity contribution in [1.29, 1.82) is 0 Å². The summed E-state index contributed by atoms with van der Waals surface area (Å²) in [5.74, 6) is 1.41. The fourth-order valence-electron chi connectivity index (χ4n) is 3.79. The van der Waals surface area contributed by atoms with Crippen LogP contribution in [0, 0.1) is 0 Å². The van der Waals surface area contributed by atoms with Crippen LogP contribution in [0.25, 0.3) is 5.78 Å². The van der Waals surface area contributed by atoms with Crippen LogP contribution in [0.5, 0.6) is 0 Å². The fraction of sp³-hybridized carbons (Fsp3) is 0.409. The summed E-state index contributed by atoms with van der Waals surface area (Å²) in [4.78, 5) is 33.8. The molecule has 3 heterocycles. The lowest BCUT2D eigenvalue weighted by Crippen LogP contribution is -2.54. The molecule has 31 heavy (non-hydrogen) atoms. The Balaban J connectivity index is 1.39. The van der Waals surface area contributed by atoms with E-state index in [1.54, 1.807) is 42.4 Å². The molecule has 3 aromatic rings. The maximum absolute atomic E-state index is 12.8. The Labute approximate surface area is 181 Å². The van der Waals surface area contributed by atoms with Crippen LogP contribution in [-0.4, -0.2) is 68.5 Å². The molecule has 9 nitrogen and oxygen atoms in total. The zero-order valence-corrected chi connectivity index (χ0v) is 18.0. The van der Waals surface area contributed by atoms with Gasteiger partial charge in [0.1, 0.15) is 18.2 Å². The Bertz CT molecular complexity index is 1070. The number of fused-ring (bicyclic) bond motifs is 1. The van der Waals surface area contributed by atoms with Gasteiger partial charge in [-0.05, 0) is 25.0 Å². The number of anilines is 1. The predicted molar refractivity (Wildman–Crippen MR) is 117 cm³/mol. The van der Waals surface area contributed by atoms with Gasteiger partial charge in [0.25, 0.3) is 11.7 Å². The zero-order chi connectivity index (χ0) is 22.0. The molecule has 1 fully saturated rings. The number of hydrogen-bond acceptors (Lipinski definition) is 6. The molecular weight excluding hydrogens is 394 g/mol. The minimum Gasteiger partial charge on any atom is -0.353 e. The molecular formula is C22H27N7O2. The third-order valence-corrected chi connectivity index (χ3v) is 5.56. The summed E-state index contributed by atoms with van der Waals surface area (Å²) in [5, 5.41) is 10.9. The SMILES string of the molecule is CC(C)c1cc(N2CCN(C(=O)[C@H](C)NC(=O)c3ccccc3)CC2)nc2nncn12. The molecule has 2 amide bonds. The molecule has 1 atom stereocenters. The van der Waals surface area contributed by atoms with Crippen LogP contribution >= 0.6 is 0 Å². The molecule has 0 aliphatic carbocycles. The third-order valence-electron chi connectivity index (χ3n) is 5.56. The number of aromatic nitrogens is 4. The molecule has 1 saturated heterocycles. The standard InChI is InChI=1S/C22H27N7O2/c1-15(2)18-13-19(25-22-26-23-14-29(18)22)27-9-11-28(12-10-27)21(31)16(3)24-20(30)17-7-5-4-6-8-17/h4-8,13-16H,9-12H2,1-3H3,(H,24,30)/t16-/m0/s1. The molecule has 9 heteroatoms. The molecule has 1 aliphatic heterocycles. The van der Waals surface area contributed by atoms with Crippen LogP contribution in [-0.2, 0) is 4.79 Å². The molecule has 1 aromatic carbocycles. The van der Waals surface area contributed by atoms with Gasteiger partial charge in [-0.15, -0.1) is 10.2 Å². The van der Waals surface area contributed by atoms with E-state index in [0.717, 1.165) is 11.5 Å². The second-order valence-corrected chi connectivity index (χ2v) is 8.07. The van der Waals surface area contributed by atoms with Crippen LogP contribution in [0.1, 0.15) is 42.7 Å². The number of carbonyl (C=O) groups is 2. The summed E-state index contributed by atoms with van der Waals surface area (Å²) in [6.45, 7) is 8.45. The van der Waals surface area contributed by atoms with Gasteiger partial charge in [0.15, 0.2) is 0 Å². The van der Waals surface area contributed by atoms with E-state index < -0.39 is 6.04 Å². The number of piperazine rings is 1. The molecule has 1 N–H and O–H groups in total. The van der Waals surface area contributed by atoms with E-state index in [2.05, 4.69) is 45.3 Å². The first-order valence-electron chi connectivity index (χ1n) is 10.5. The number of amides is 2. The lowest BCUT2D eigenvalue weighted by molar-refractivity contribution is -0.133. The fourth-order valence-corrected chi connectivity index (χ4v) is 3.79. The van der Waals surface area contributed by atoms with Crippen molar-refractivity contribution in [2.75, 3.05) is 31.1 Å². The predicted octanol–water partition coefficient (Wildman–Crippen LogP) is 1.71. The molecule has 162 valence electrons. The average molecular weight is 422 g/mol. The van der Waals surface area contributed by atoms with Crippen molar-refractivity contribution in [3.8, 4) is 0 Å². The third kappa shape index (κ3) is 4.35. The number of nitrogens with one attached hydrogen (secondary N) is 1. The molecule has 0 spiro atoms. The summed E-state index contributed by atoms with van der Waals surface area (Å²) in [6, 6.07) is 10.4. The van der Waals surface area contributed by atoms with Gasteiger partial charge in [0, 0.05) is 43.5 Å². The van der Waals surface area contributed by atoms with Crippen LogP contribution in [0.4, 0.5) is 5.82 Å². The minimum absolute atomic E-state index is 0.0762. The maximum Gasteiger partial charge on any atom is 0.256 e. The average Bonchev–Trinajstić information content (AvgIpc) is 3.27. The number of carbonyl (C=O) groups excluding carboxylic acids is 2. The maximum atomic E-state index is 12.8. The molecule has 4 rings (SSSR count). The highest BCUT2D eigenvalue weighted by atomic mass is 16.2. The molecule has 0 unspecified atom stereocenters. The minimum atomic E-state index is -0.586. The first kappa shape index (κ1) is 20.8. The van der Waals surface area contributed by atoms with Gasteiger partial charge >= 0.3 is 0 Å². The van der Waals surface area contributed by atoms with E-state index in [1.165, 1.54) is 0 Å². The molecule has 1 aliphatic rings. The summed E-state index contributed by atoms with van der Waals surface area (Å²) < 4.78 is 1.91. The van der Waals surface area contributed by atoms with Crippen LogP contribution in [0.3, 0.4) is 0 Å². The zero-order valence-electron chi connectivity index (χ0n) is 18.0. The highest BCUT2D eigenvalue weighted by molar-refractivity contribution is 5.97. The van der Waals surface area contributed by atoms with Crippen molar-refractivity contribution < 1.29 is 9.59 Å². The van der Waals surface area contributed by atoms with Crippen LogP contribution in [0.15, 0.2) is 42.7 Å².